The van der Waals surface area contributed by atoms with Crippen LogP contribution in [-0.2, 0) is 0 Å². The van der Waals surface area contributed by atoms with Gasteiger partial charge in [-0.15, -0.1) is 0 Å². The summed E-state index contributed by atoms with van der Waals surface area (Å²) in [4.78, 5) is 24.4. The summed E-state index contributed by atoms with van der Waals surface area (Å²) in [5.41, 5.74) is 1.23. The summed E-state index contributed by atoms with van der Waals surface area (Å²) < 4.78 is 11.4. The third kappa shape index (κ3) is 3.05. The molecule has 116 valence electrons. The molecule has 0 aliphatic carbocycles. The van der Waals surface area contributed by atoms with Crippen molar-refractivity contribution < 1.29 is 13.9 Å². The van der Waals surface area contributed by atoms with Crippen LogP contribution in [0.1, 0.15) is 21.5 Å². The summed E-state index contributed by atoms with van der Waals surface area (Å²) >= 11 is 3.35. The predicted octanol–water partition coefficient (Wildman–Crippen LogP) is 4.39. The predicted molar refractivity (Wildman–Crippen MR) is 91.1 cm³/mol. The minimum Gasteiger partial charge on any atom is -0.422 e. The zero-order valence-corrected chi connectivity index (χ0v) is 14.1. The largest absolute Gasteiger partial charge is 0.422 e. The normalized spacial score (nSPS) is 10.7. The Bertz CT molecular complexity index is 952. The molecule has 0 radical (unpaired) electrons. The molecule has 0 aliphatic rings. The third-order valence-electron chi connectivity index (χ3n) is 3.52. The minimum absolute atomic E-state index is 0.127. The number of hydrogen-bond acceptors (Lipinski definition) is 4. The average molecular weight is 373 g/mol. The SMILES string of the molecule is Cc1cccc(C)c1OC(=O)c1cc2cc(Br)ccc2oc1=O. The first-order chi connectivity index (χ1) is 11.0. The van der Waals surface area contributed by atoms with Gasteiger partial charge in [-0.3, -0.25) is 0 Å². The number of hydrogen-bond donors (Lipinski definition) is 0. The van der Waals surface area contributed by atoms with E-state index < -0.39 is 11.6 Å². The number of para-hydroxylation sites is 1. The Morgan fingerprint density at radius 3 is 2.48 bits per heavy atom. The fourth-order valence-electron chi connectivity index (χ4n) is 2.34. The molecule has 0 atom stereocenters. The van der Waals surface area contributed by atoms with Crippen LogP contribution in [0.15, 0.2) is 56.1 Å². The van der Waals surface area contributed by atoms with Crippen molar-refractivity contribution in [1.82, 2.24) is 0 Å². The quantitative estimate of drug-likeness (QED) is 0.380. The van der Waals surface area contributed by atoms with E-state index in [2.05, 4.69) is 15.9 Å². The number of fused-ring (bicyclic) bond motifs is 1. The van der Waals surface area contributed by atoms with Gasteiger partial charge in [0.1, 0.15) is 16.9 Å². The van der Waals surface area contributed by atoms with Crippen molar-refractivity contribution in [3.8, 4) is 5.75 Å². The van der Waals surface area contributed by atoms with Crippen molar-refractivity contribution in [1.29, 1.82) is 0 Å². The zero-order valence-electron chi connectivity index (χ0n) is 12.6. The van der Waals surface area contributed by atoms with E-state index in [9.17, 15) is 9.59 Å². The van der Waals surface area contributed by atoms with E-state index in [1.807, 2.05) is 32.0 Å². The molecule has 0 saturated carbocycles. The van der Waals surface area contributed by atoms with Gasteiger partial charge in [0.15, 0.2) is 0 Å². The summed E-state index contributed by atoms with van der Waals surface area (Å²) in [7, 11) is 0. The van der Waals surface area contributed by atoms with Crippen molar-refractivity contribution in [2.75, 3.05) is 0 Å². The first-order valence-corrected chi connectivity index (χ1v) is 7.77. The van der Waals surface area contributed by atoms with Crippen LogP contribution in [0.25, 0.3) is 11.0 Å². The molecule has 2 aromatic carbocycles. The summed E-state index contributed by atoms with van der Waals surface area (Å²) in [6.45, 7) is 3.69. The molecular weight excluding hydrogens is 360 g/mol. The van der Waals surface area contributed by atoms with E-state index in [-0.39, 0.29) is 5.56 Å². The lowest BCUT2D eigenvalue weighted by Crippen LogP contribution is -2.19. The molecule has 5 heteroatoms. The first-order valence-electron chi connectivity index (χ1n) is 6.97. The summed E-state index contributed by atoms with van der Waals surface area (Å²) in [5, 5.41) is 0.646. The second-order valence-corrected chi connectivity index (χ2v) is 6.16. The Balaban J connectivity index is 2.04. The smallest absolute Gasteiger partial charge is 0.351 e. The van der Waals surface area contributed by atoms with Gasteiger partial charge in [-0.2, -0.15) is 0 Å². The maximum atomic E-state index is 12.4. The number of aryl methyl sites for hydroxylation is 2. The maximum Gasteiger partial charge on any atom is 0.351 e. The number of halogens is 1. The highest BCUT2D eigenvalue weighted by molar-refractivity contribution is 9.10. The number of carbonyl (C=O) groups excluding carboxylic acids is 1. The number of rotatable bonds is 2. The van der Waals surface area contributed by atoms with Gasteiger partial charge in [-0.25, -0.2) is 9.59 Å². The Morgan fingerprint density at radius 2 is 1.78 bits per heavy atom. The van der Waals surface area contributed by atoms with Crippen LogP contribution in [0.5, 0.6) is 5.75 Å². The Hall–Kier alpha value is -2.40. The van der Waals surface area contributed by atoms with E-state index in [0.29, 0.717) is 16.7 Å². The highest BCUT2D eigenvalue weighted by Crippen LogP contribution is 2.24. The van der Waals surface area contributed by atoms with Gasteiger partial charge in [-0.1, -0.05) is 34.1 Å². The first kappa shape index (κ1) is 15.5. The molecule has 3 rings (SSSR count). The van der Waals surface area contributed by atoms with Gasteiger partial charge in [-0.05, 0) is 49.2 Å². The molecule has 0 bridgehead atoms. The van der Waals surface area contributed by atoms with Crippen molar-refractivity contribution >= 4 is 32.9 Å². The molecule has 3 aromatic rings. The fourth-order valence-corrected chi connectivity index (χ4v) is 2.72. The average Bonchev–Trinajstić information content (AvgIpc) is 2.50. The van der Waals surface area contributed by atoms with Crippen LogP contribution in [0, 0.1) is 13.8 Å². The van der Waals surface area contributed by atoms with E-state index in [0.717, 1.165) is 15.6 Å². The number of benzene rings is 2. The summed E-state index contributed by atoms with van der Waals surface area (Å²) in [6, 6.07) is 12.3. The molecular formula is C18H13BrO4. The second-order valence-electron chi connectivity index (χ2n) is 5.24. The third-order valence-corrected chi connectivity index (χ3v) is 4.01. The Labute approximate surface area is 140 Å². The van der Waals surface area contributed by atoms with Gasteiger partial charge < -0.3 is 9.15 Å². The fraction of sp³-hybridized carbons (Fsp3) is 0.111. The van der Waals surface area contributed by atoms with Crippen molar-refractivity contribution in [2.24, 2.45) is 0 Å². The molecule has 0 amide bonds. The van der Waals surface area contributed by atoms with E-state index in [1.54, 1.807) is 18.2 Å². The number of carbonyl (C=O) groups is 1. The molecule has 4 nitrogen and oxygen atoms in total. The van der Waals surface area contributed by atoms with Crippen LogP contribution in [-0.4, -0.2) is 5.97 Å². The molecule has 1 aromatic heterocycles. The van der Waals surface area contributed by atoms with Crippen LogP contribution < -0.4 is 10.4 Å². The van der Waals surface area contributed by atoms with E-state index in [4.69, 9.17) is 9.15 Å². The van der Waals surface area contributed by atoms with Gasteiger partial charge >= 0.3 is 11.6 Å². The van der Waals surface area contributed by atoms with Gasteiger partial charge in [0.05, 0.1) is 0 Å². The Morgan fingerprint density at radius 1 is 1.09 bits per heavy atom. The van der Waals surface area contributed by atoms with Crippen molar-refractivity contribution in [3.05, 3.63) is 74.0 Å². The number of esters is 1. The van der Waals surface area contributed by atoms with Crippen molar-refractivity contribution in [2.45, 2.75) is 13.8 Å². The monoisotopic (exact) mass is 372 g/mol. The topological polar surface area (TPSA) is 56.5 Å². The summed E-state index contributed by atoms with van der Waals surface area (Å²) in [6.07, 6.45) is 0. The highest BCUT2D eigenvalue weighted by atomic mass is 79.9. The maximum absolute atomic E-state index is 12.4. The van der Waals surface area contributed by atoms with Crippen LogP contribution in [0.4, 0.5) is 0 Å². The van der Waals surface area contributed by atoms with Crippen LogP contribution in [0.2, 0.25) is 0 Å². The summed E-state index contributed by atoms with van der Waals surface area (Å²) in [5.74, 6) is -0.260. The second kappa shape index (κ2) is 6.01. The molecule has 0 N–H and O–H groups in total. The van der Waals surface area contributed by atoms with Crippen LogP contribution in [0.3, 0.4) is 0 Å². The van der Waals surface area contributed by atoms with E-state index in [1.165, 1.54) is 6.07 Å². The Kier molecular flexibility index (Phi) is 4.05. The molecule has 0 saturated heterocycles. The molecule has 0 aliphatic heterocycles. The van der Waals surface area contributed by atoms with Crippen molar-refractivity contribution in [3.63, 3.8) is 0 Å². The standard InChI is InChI=1S/C18H13BrO4/c1-10-4-3-5-11(2)16(10)23-18(21)14-9-12-8-13(19)6-7-15(12)22-17(14)20/h3-9H,1-2H3. The van der Waals surface area contributed by atoms with Crippen LogP contribution >= 0.6 is 15.9 Å². The van der Waals surface area contributed by atoms with E-state index >= 15 is 0 Å². The molecule has 0 unspecified atom stereocenters. The highest BCUT2D eigenvalue weighted by Gasteiger charge is 2.18. The lowest BCUT2D eigenvalue weighted by Gasteiger charge is -2.10. The zero-order chi connectivity index (χ0) is 16.6. The molecule has 0 spiro atoms. The molecule has 1 heterocycles. The van der Waals surface area contributed by atoms with Gasteiger partial charge in [0.25, 0.3) is 0 Å². The molecule has 23 heavy (non-hydrogen) atoms. The van der Waals surface area contributed by atoms with Gasteiger partial charge in [0, 0.05) is 9.86 Å². The van der Waals surface area contributed by atoms with Gasteiger partial charge in [0.2, 0.25) is 0 Å². The molecule has 0 fully saturated rings. The minimum atomic E-state index is -0.724. The number of ether oxygens (including phenoxy) is 1. The lowest BCUT2D eigenvalue weighted by molar-refractivity contribution is 0.0728. The lowest BCUT2D eigenvalue weighted by atomic mass is 10.1.